The van der Waals surface area contributed by atoms with Crippen LogP contribution in [-0.2, 0) is 15.4 Å². The summed E-state index contributed by atoms with van der Waals surface area (Å²) in [5, 5.41) is 0. The molecule has 0 radical (unpaired) electrons. The fraction of sp³-hybridized carbons (Fsp3) is 0.231. The van der Waals surface area contributed by atoms with Gasteiger partial charge in [-0.1, -0.05) is 76.6 Å². The molecule has 3 aromatic rings. The summed E-state index contributed by atoms with van der Waals surface area (Å²) in [6.07, 6.45) is 2.23. The zero-order chi connectivity index (χ0) is 21.4. The summed E-state index contributed by atoms with van der Waals surface area (Å²) in [6, 6.07) is 25.6. The van der Waals surface area contributed by atoms with Crippen LogP contribution in [0.4, 0.5) is 5.69 Å². The zero-order valence-corrected chi connectivity index (χ0v) is 19.4. The molecule has 31 heavy (non-hydrogen) atoms. The molecule has 3 aromatic carbocycles. The number of sulfonamides is 1. The lowest BCUT2D eigenvalue weighted by Crippen LogP contribution is -2.64. The van der Waals surface area contributed by atoms with E-state index in [4.69, 9.17) is 0 Å². The second-order valence-corrected chi connectivity index (χ2v) is 11.6. The van der Waals surface area contributed by atoms with Crippen molar-refractivity contribution >= 4 is 31.6 Å². The third-order valence-electron chi connectivity index (χ3n) is 7.64. The molecule has 2 aliphatic carbocycles. The van der Waals surface area contributed by atoms with Gasteiger partial charge < -0.3 is 0 Å². The van der Waals surface area contributed by atoms with Gasteiger partial charge in [0.1, 0.15) is 0 Å². The number of rotatable bonds is 3. The molecular weight excluding hydrogens is 470 g/mol. The van der Waals surface area contributed by atoms with E-state index in [9.17, 15) is 8.42 Å². The van der Waals surface area contributed by atoms with Crippen molar-refractivity contribution < 1.29 is 8.42 Å². The molecule has 1 aliphatic heterocycles. The average Bonchev–Trinajstić information content (AvgIpc) is 3.62. The van der Waals surface area contributed by atoms with E-state index in [1.807, 2.05) is 24.3 Å². The maximum Gasteiger partial charge on any atom is 0.264 e. The Kier molecular flexibility index (Phi) is 3.95. The number of benzene rings is 3. The molecule has 0 N–H and O–H groups in total. The van der Waals surface area contributed by atoms with Crippen molar-refractivity contribution in [2.75, 3.05) is 10.8 Å². The quantitative estimate of drug-likeness (QED) is 0.427. The first-order valence-corrected chi connectivity index (χ1v) is 12.8. The van der Waals surface area contributed by atoms with Gasteiger partial charge in [0.2, 0.25) is 0 Å². The van der Waals surface area contributed by atoms with Crippen molar-refractivity contribution in [3.63, 3.8) is 0 Å². The maximum atomic E-state index is 13.7. The Balaban J connectivity index is 1.58. The number of nitrogens with zero attached hydrogens (tertiary/aromatic N) is 1. The van der Waals surface area contributed by atoms with Crippen LogP contribution in [0, 0.1) is 11.3 Å². The lowest BCUT2D eigenvalue weighted by atomic mass is 9.41. The Morgan fingerprint density at radius 1 is 0.903 bits per heavy atom. The van der Waals surface area contributed by atoms with Gasteiger partial charge in [-0.05, 0) is 54.3 Å². The highest BCUT2D eigenvalue weighted by Crippen LogP contribution is 2.80. The molecule has 5 heteroatoms. The normalized spacial score (nSPS) is 25.5. The largest absolute Gasteiger partial charge is 0.265 e. The first-order chi connectivity index (χ1) is 14.9. The topological polar surface area (TPSA) is 37.4 Å². The number of hydrogen-bond donors (Lipinski definition) is 0. The molecule has 0 unspecified atom stereocenters. The molecule has 2 saturated carbocycles. The minimum absolute atomic E-state index is 0.0581. The lowest BCUT2D eigenvalue weighted by molar-refractivity contribution is 0.134. The van der Waals surface area contributed by atoms with Crippen LogP contribution in [0.2, 0.25) is 0 Å². The van der Waals surface area contributed by atoms with Crippen molar-refractivity contribution in [3.8, 4) is 0 Å². The van der Waals surface area contributed by atoms with Crippen molar-refractivity contribution in [2.45, 2.75) is 23.2 Å². The van der Waals surface area contributed by atoms with E-state index in [0.717, 1.165) is 28.6 Å². The van der Waals surface area contributed by atoms with E-state index in [0.29, 0.717) is 11.4 Å². The highest BCUT2D eigenvalue weighted by atomic mass is 79.9. The summed E-state index contributed by atoms with van der Waals surface area (Å²) in [5.74, 6) is 0.0672. The molecule has 3 aliphatic rings. The first kappa shape index (κ1) is 19.3. The predicted molar refractivity (Wildman–Crippen MR) is 127 cm³/mol. The van der Waals surface area contributed by atoms with Crippen LogP contribution in [0.3, 0.4) is 0 Å². The van der Waals surface area contributed by atoms with Gasteiger partial charge in [-0.15, -0.1) is 0 Å². The van der Waals surface area contributed by atoms with Crippen LogP contribution in [-0.4, -0.2) is 15.0 Å². The van der Waals surface area contributed by atoms with Gasteiger partial charge in [0, 0.05) is 27.8 Å². The molecule has 2 atom stereocenters. The number of anilines is 1. The SMILES string of the molecule is C=C1[C@@H]2CN(S(=O)(=O)c3ccc(Br)cc3)c3ccccc3[C@]2(c2ccccc2)C12CC2. The number of halogens is 1. The minimum atomic E-state index is -3.69. The van der Waals surface area contributed by atoms with Crippen LogP contribution in [0.1, 0.15) is 24.0 Å². The third kappa shape index (κ3) is 2.31. The third-order valence-corrected chi connectivity index (χ3v) is 9.96. The van der Waals surface area contributed by atoms with Gasteiger partial charge in [-0.25, -0.2) is 8.42 Å². The molecule has 0 saturated heterocycles. The molecule has 1 heterocycles. The van der Waals surface area contributed by atoms with Crippen molar-refractivity contribution in [3.05, 3.63) is 107 Å². The minimum Gasteiger partial charge on any atom is -0.265 e. The fourth-order valence-corrected chi connectivity index (χ4v) is 7.98. The van der Waals surface area contributed by atoms with Gasteiger partial charge in [0.15, 0.2) is 0 Å². The van der Waals surface area contributed by atoms with E-state index in [-0.39, 0.29) is 16.7 Å². The summed E-state index contributed by atoms with van der Waals surface area (Å²) < 4.78 is 30.0. The van der Waals surface area contributed by atoms with Gasteiger partial charge in [0.05, 0.1) is 10.6 Å². The number of para-hydroxylation sites is 1. The van der Waals surface area contributed by atoms with E-state index < -0.39 is 10.0 Å². The molecule has 0 amide bonds. The molecule has 0 aromatic heterocycles. The molecule has 2 fully saturated rings. The number of hydrogen-bond acceptors (Lipinski definition) is 2. The van der Waals surface area contributed by atoms with Crippen molar-refractivity contribution in [2.24, 2.45) is 11.3 Å². The lowest BCUT2D eigenvalue weighted by Gasteiger charge is -2.64. The molecular formula is C26H22BrNO2S. The van der Waals surface area contributed by atoms with E-state index >= 15 is 0 Å². The summed E-state index contributed by atoms with van der Waals surface area (Å²) in [4.78, 5) is 0.309. The van der Waals surface area contributed by atoms with Crippen LogP contribution in [0.15, 0.2) is 100 Å². The zero-order valence-electron chi connectivity index (χ0n) is 17.0. The van der Waals surface area contributed by atoms with Crippen molar-refractivity contribution in [1.82, 2.24) is 0 Å². The maximum absolute atomic E-state index is 13.7. The highest BCUT2D eigenvalue weighted by Gasteiger charge is 2.76. The predicted octanol–water partition coefficient (Wildman–Crippen LogP) is 5.91. The van der Waals surface area contributed by atoms with E-state index in [1.54, 1.807) is 28.6 Å². The Bertz CT molecular complexity index is 1310. The second kappa shape index (κ2) is 6.33. The average molecular weight is 492 g/mol. The number of fused-ring (bicyclic) bond motifs is 4. The highest BCUT2D eigenvalue weighted by molar-refractivity contribution is 9.10. The Labute approximate surface area is 191 Å². The molecule has 6 rings (SSSR count). The second-order valence-electron chi connectivity index (χ2n) is 8.84. The summed E-state index contributed by atoms with van der Waals surface area (Å²) >= 11 is 3.40. The fourth-order valence-electron chi connectivity index (χ4n) is 6.22. The standard InChI is InChI=1S/C26H22BrNO2S/c1-18-23-17-28(31(29,30)21-13-11-20(27)12-14-21)24-10-6-5-9-22(24)26(23,25(18)15-16-25)19-7-3-2-4-8-19/h2-14,23H,1,15-17H2/t23-,26-/m0/s1. The summed E-state index contributed by atoms with van der Waals surface area (Å²) in [7, 11) is -3.69. The molecule has 0 bridgehead atoms. The first-order valence-electron chi connectivity index (χ1n) is 10.6. The van der Waals surface area contributed by atoms with E-state index in [1.165, 1.54) is 11.1 Å². The summed E-state index contributed by atoms with van der Waals surface area (Å²) in [6.45, 7) is 4.90. The Hall–Kier alpha value is -2.37. The van der Waals surface area contributed by atoms with Gasteiger partial charge in [-0.3, -0.25) is 4.31 Å². The molecule has 3 nitrogen and oxygen atoms in total. The van der Waals surface area contributed by atoms with Crippen molar-refractivity contribution in [1.29, 1.82) is 0 Å². The van der Waals surface area contributed by atoms with Gasteiger partial charge >= 0.3 is 0 Å². The van der Waals surface area contributed by atoms with Crippen LogP contribution >= 0.6 is 15.9 Å². The smallest absolute Gasteiger partial charge is 0.264 e. The monoisotopic (exact) mass is 491 g/mol. The van der Waals surface area contributed by atoms with Gasteiger partial charge in [0.25, 0.3) is 10.0 Å². The molecule has 156 valence electrons. The molecule has 1 spiro atoms. The summed E-state index contributed by atoms with van der Waals surface area (Å²) in [5.41, 5.74) is 4.25. The van der Waals surface area contributed by atoms with Gasteiger partial charge in [-0.2, -0.15) is 0 Å². The van der Waals surface area contributed by atoms with Crippen LogP contribution < -0.4 is 4.31 Å². The van der Waals surface area contributed by atoms with Crippen LogP contribution in [0.5, 0.6) is 0 Å². The van der Waals surface area contributed by atoms with Crippen LogP contribution in [0.25, 0.3) is 0 Å². The Morgan fingerprint density at radius 3 is 2.23 bits per heavy atom. The van der Waals surface area contributed by atoms with E-state index in [2.05, 4.69) is 52.8 Å². The Morgan fingerprint density at radius 2 is 1.55 bits per heavy atom.